The normalized spacial score (nSPS) is 15.6. The molecule has 1 aliphatic carbocycles. The Bertz CT molecular complexity index is 710. The van der Waals surface area contributed by atoms with E-state index in [1.54, 1.807) is 13.1 Å². The molecule has 0 saturated heterocycles. The van der Waals surface area contributed by atoms with E-state index in [1.807, 2.05) is 0 Å². The fraction of sp³-hybridized carbons (Fsp3) is 0.529. The van der Waals surface area contributed by atoms with Gasteiger partial charge in [0.2, 0.25) is 12.7 Å². The van der Waals surface area contributed by atoms with E-state index in [0.717, 1.165) is 12.8 Å². The van der Waals surface area contributed by atoms with Crippen molar-refractivity contribution in [1.82, 2.24) is 16.0 Å². The van der Waals surface area contributed by atoms with Gasteiger partial charge in [-0.05, 0) is 18.9 Å². The Morgan fingerprint density at radius 3 is 2.59 bits per heavy atom. The molecule has 1 aromatic rings. The second-order valence-electron chi connectivity index (χ2n) is 6.11. The van der Waals surface area contributed by atoms with E-state index in [-0.39, 0.29) is 30.9 Å². The Balaban J connectivity index is 1.51. The third-order valence-electron chi connectivity index (χ3n) is 4.11. The van der Waals surface area contributed by atoms with Crippen molar-refractivity contribution in [2.24, 2.45) is 10.9 Å². The highest BCUT2D eigenvalue weighted by molar-refractivity contribution is 5.81. The highest BCUT2D eigenvalue weighted by atomic mass is 19.3. The number of guanidine groups is 1. The summed E-state index contributed by atoms with van der Waals surface area (Å²) in [4.78, 5) is 15.6. The van der Waals surface area contributed by atoms with Crippen LogP contribution in [0.5, 0.6) is 17.2 Å². The molecule has 1 heterocycles. The minimum absolute atomic E-state index is 0.00824. The zero-order valence-corrected chi connectivity index (χ0v) is 14.9. The lowest BCUT2D eigenvalue weighted by Crippen LogP contribution is -2.41. The molecule has 2 aliphatic rings. The second-order valence-corrected chi connectivity index (χ2v) is 6.11. The van der Waals surface area contributed by atoms with E-state index in [4.69, 9.17) is 9.47 Å². The van der Waals surface area contributed by atoms with Gasteiger partial charge >= 0.3 is 6.61 Å². The summed E-state index contributed by atoms with van der Waals surface area (Å²) in [5.41, 5.74) is 0.476. The number of rotatable bonds is 8. The Morgan fingerprint density at radius 1 is 1.22 bits per heavy atom. The van der Waals surface area contributed by atoms with E-state index in [2.05, 4.69) is 25.7 Å². The molecule has 0 spiro atoms. The van der Waals surface area contributed by atoms with Gasteiger partial charge in [-0.15, -0.1) is 0 Å². The van der Waals surface area contributed by atoms with Gasteiger partial charge in [0.25, 0.3) is 0 Å². The summed E-state index contributed by atoms with van der Waals surface area (Å²) >= 11 is 0. The van der Waals surface area contributed by atoms with Crippen LogP contribution >= 0.6 is 0 Å². The number of aliphatic imine (C=N–C) groups is 1. The monoisotopic (exact) mass is 384 g/mol. The van der Waals surface area contributed by atoms with Crippen molar-refractivity contribution in [3.05, 3.63) is 17.7 Å². The summed E-state index contributed by atoms with van der Waals surface area (Å²) in [5.74, 6) is 1.56. The highest BCUT2D eigenvalue weighted by Crippen LogP contribution is 2.38. The van der Waals surface area contributed by atoms with Crippen LogP contribution in [-0.2, 0) is 11.3 Å². The van der Waals surface area contributed by atoms with Crippen molar-refractivity contribution in [1.29, 1.82) is 0 Å². The van der Waals surface area contributed by atoms with Gasteiger partial charge in [-0.1, -0.05) is 0 Å². The molecule has 1 aliphatic heterocycles. The quantitative estimate of drug-likeness (QED) is 0.354. The van der Waals surface area contributed by atoms with Crippen molar-refractivity contribution in [2.45, 2.75) is 26.0 Å². The minimum Gasteiger partial charge on any atom is -0.454 e. The number of nitrogens with one attached hydrogen (secondary N) is 3. The molecule has 0 aromatic heterocycles. The van der Waals surface area contributed by atoms with Gasteiger partial charge in [0.05, 0.1) is 0 Å². The Hall–Kier alpha value is -2.78. The lowest BCUT2D eigenvalue weighted by molar-refractivity contribution is -0.122. The van der Waals surface area contributed by atoms with E-state index < -0.39 is 6.61 Å². The molecular weight excluding hydrogens is 362 g/mol. The summed E-state index contributed by atoms with van der Waals surface area (Å²) in [6.45, 7) is -1.76. The van der Waals surface area contributed by atoms with E-state index in [0.29, 0.717) is 36.1 Å². The molecule has 1 aromatic carbocycles. The molecule has 1 fully saturated rings. The van der Waals surface area contributed by atoms with Crippen LogP contribution in [0.3, 0.4) is 0 Å². The number of nitrogens with zero attached hydrogens (tertiary/aromatic N) is 1. The lowest BCUT2D eigenvalue weighted by atomic mass is 10.1. The minimum atomic E-state index is -2.95. The summed E-state index contributed by atoms with van der Waals surface area (Å²) < 4.78 is 40.4. The summed E-state index contributed by atoms with van der Waals surface area (Å²) in [6.07, 6.45) is 1.92. The molecule has 148 valence electrons. The van der Waals surface area contributed by atoms with Gasteiger partial charge in [-0.2, -0.15) is 8.78 Å². The first-order valence-electron chi connectivity index (χ1n) is 8.66. The standard InChI is InChI=1S/C17H22F2N4O4/c1-20-17(22-5-4-21-15(24)10-2-3-10)23-8-11-6-13-14(26-9-25-13)7-12(11)27-16(18)19/h6-7,10,16H,2-5,8-9H2,1H3,(H,21,24)(H2,20,22,23). The molecule has 3 N–H and O–H groups in total. The molecule has 8 nitrogen and oxygen atoms in total. The second kappa shape index (κ2) is 8.74. The molecule has 1 saturated carbocycles. The number of hydrogen-bond donors (Lipinski definition) is 3. The molecule has 10 heteroatoms. The number of carbonyl (C=O) groups excluding carboxylic acids is 1. The maximum absolute atomic E-state index is 12.7. The van der Waals surface area contributed by atoms with Gasteiger partial charge in [0.15, 0.2) is 17.5 Å². The number of amides is 1. The number of fused-ring (bicyclic) bond motifs is 1. The topological polar surface area (TPSA) is 93.2 Å². The van der Waals surface area contributed by atoms with Crippen LogP contribution in [0, 0.1) is 5.92 Å². The summed E-state index contributed by atoms with van der Waals surface area (Å²) in [6, 6.07) is 2.98. The Labute approximate surface area is 155 Å². The zero-order valence-electron chi connectivity index (χ0n) is 14.9. The van der Waals surface area contributed by atoms with Crippen LogP contribution in [-0.4, -0.2) is 45.4 Å². The van der Waals surface area contributed by atoms with Crippen LogP contribution in [0.1, 0.15) is 18.4 Å². The van der Waals surface area contributed by atoms with Crippen molar-refractivity contribution >= 4 is 11.9 Å². The van der Waals surface area contributed by atoms with Gasteiger partial charge in [-0.3, -0.25) is 9.79 Å². The third kappa shape index (κ3) is 5.35. The lowest BCUT2D eigenvalue weighted by Gasteiger charge is -2.15. The number of ether oxygens (including phenoxy) is 3. The first-order valence-corrected chi connectivity index (χ1v) is 8.66. The molecule has 0 bridgehead atoms. The van der Waals surface area contributed by atoms with Gasteiger partial charge in [-0.25, -0.2) is 0 Å². The third-order valence-corrected chi connectivity index (χ3v) is 4.11. The highest BCUT2D eigenvalue weighted by Gasteiger charge is 2.29. The number of alkyl halides is 2. The van der Waals surface area contributed by atoms with Crippen LogP contribution in [0.2, 0.25) is 0 Å². The van der Waals surface area contributed by atoms with Crippen LogP contribution in [0.25, 0.3) is 0 Å². The Kier molecular flexibility index (Phi) is 6.15. The van der Waals surface area contributed by atoms with E-state index >= 15 is 0 Å². The van der Waals surface area contributed by atoms with E-state index in [1.165, 1.54) is 6.07 Å². The van der Waals surface area contributed by atoms with E-state index in [9.17, 15) is 13.6 Å². The number of hydrogen-bond acceptors (Lipinski definition) is 5. The van der Waals surface area contributed by atoms with Crippen molar-refractivity contribution < 1.29 is 27.8 Å². The van der Waals surface area contributed by atoms with Gasteiger partial charge < -0.3 is 30.2 Å². The van der Waals surface area contributed by atoms with Crippen molar-refractivity contribution in [3.63, 3.8) is 0 Å². The van der Waals surface area contributed by atoms with Crippen molar-refractivity contribution in [3.8, 4) is 17.2 Å². The molecule has 3 rings (SSSR count). The SMILES string of the molecule is CN=C(NCCNC(=O)C1CC1)NCc1cc2c(cc1OC(F)F)OCO2. The fourth-order valence-corrected chi connectivity index (χ4v) is 2.57. The molecule has 0 atom stereocenters. The summed E-state index contributed by atoms with van der Waals surface area (Å²) in [5, 5.41) is 8.90. The maximum atomic E-state index is 12.7. The fourth-order valence-electron chi connectivity index (χ4n) is 2.57. The Morgan fingerprint density at radius 2 is 1.93 bits per heavy atom. The molecule has 27 heavy (non-hydrogen) atoms. The molecular formula is C17H22F2N4O4. The first-order chi connectivity index (χ1) is 13.1. The molecule has 0 unspecified atom stereocenters. The molecule has 1 amide bonds. The first kappa shape index (κ1) is 19.0. The smallest absolute Gasteiger partial charge is 0.387 e. The average Bonchev–Trinajstić information content (AvgIpc) is 3.40. The van der Waals surface area contributed by atoms with Crippen molar-refractivity contribution in [2.75, 3.05) is 26.9 Å². The molecule has 0 radical (unpaired) electrons. The average molecular weight is 384 g/mol. The largest absolute Gasteiger partial charge is 0.454 e. The summed E-state index contributed by atoms with van der Waals surface area (Å²) in [7, 11) is 1.59. The van der Waals surface area contributed by atoms with Gasteiger partial charge in [0.1, 0.15) is 5.75 Å². The van der Waals surface area contributed by atoms with Crippen LogP contribution in [0.4, 0.5) is 8.78 Å². The van der Waals surface area contributed by atoms with Crippen LogP contribution in [0.15, 0.2) is 17.1 Å². The number of carbonyl (C=O) groups is 1. The number of benzene rings is 1. The van der Waals surface area contributed by atoms with Gasteiger partial charge in [0, 0.05) is 44.2 Å². The number of halogens is 2. The maximum Gasteiger partial charge on any atom is 0.387 e. The predicted octanol–water partition coefficient (Wildman–Crippen LogP) is 1.21. The van der Waals surface area contributed by atoms with Crippen LogP contribution < -0.4 is 30.2 Å². The zero-order chi connectivity index (χ0) is 19.2. The predicted molar refractivity (Wildman–Crippen MR) is 93.1 cm³/mol.